The summed E-state index contributed by atoms with van der Waals surface area (Å²) in [5, 5.41) is 8.21. The fraction of sp³-hybridized carbons (Fsp3) is 0.263. The van der Waals surface area contributed by atoms with Gasteiger partial charge in [0.05, 0.1) is 0 Å². The van der Waals surface area contributed by atoms with Gasteiger partial charge in [0.15, 0.2) is 13.2 Å². The van der Waals surface area contributed by atoms with Gasteiger partial charge in [-0.3, -0.25) is 0 Å². The highest BCUT2D eigenvalue weighted by molar-refractivity contribution is 7.98. The van der Waals surface area contributed by atoms with Crippen LogP contribution in [0.1, 0.15) is 17.0 Å². The summed E-state index contributed by atoms with van der Waals surface area (Å²) in [5.74, 6) is 1.65. The second-order valence-electron chi connectivity index (χ2n) is 5.90. The second kappa shape index (κ2) is 9.01. The van der Waals surface area contributed by atoms with Crippen LogP contribution in [-0.4, -0.2) is 23.0 Å². The zero-order valence-corrected chi connectivity index (χ0v) is 15.7. The van der Waals surface area contributed by atoms with Gasteiger partial charge in [0, 0.05) is 5.75 Å². The summed E-state index contributed by atoms with van der Waals surface area (Å²) in [6.45, 7) is 0.818. The van der Waals surface area contributed by atoms with Crippen molar-refractivity contribution in [2.24, 2.45) is 0 Å². The van der Waals surface area contributed by atoms with Gasteiger partial charge in [-0.2, -0.15) is 13.2 Å². The summed E-state index contributed by atoms with van der Waals surface area (Å²) in [6, 6.07) is 14.0. The number of hydrogen-bond acceptors (Lipinski definition) is 6. The predicted octanol–water partition coefficient (Wildman–Crippen LogP) is 5.19. The molecule has 0 fully saturated rings. The summed E-state index contributed by atoms with van der Waals surface area (Å²) in [5.41, 5.74) is 1.91. The van der Waals surface area contributed by atoms with Crippen molar-refractivity contribution in [2.75, 3.05) is 6.61 Å². The van der Waals surface area contributed by atoms with Crippen molar-refractivity contribution in [3.8, 4) is 11.5 Å². The Morgan fingerprint density at radius 3 is 2.54 bits per heavy atom. The molecule has 3 aromatic rings. The van der Waals surface area contributed by atoms with Crippen LogP contribution in [0.25, 0.3) is 0 Å². The first-order valence-electron chi connectivity index (χ1n) is 8.30. The van der Waals surface area contributed by atoms with Crippen molar-refractivity contribution >= 4 is 11.8 Å². The van der Waals surface area contributed by atoms with Crippen LogP contribution in [-0.2, 0) is 12.4 Å². The van der Waals surface area contributed by atoms with E-state index in [2.05, 4.69) is 10.2 Å². The minimum absolute atomic E-state index is 0.150. The van der Waals surface area contributed by atoms with E-state index in [1.54, 1.807) is 18.2 Å². The highest BCUT2D eigenvalue weighted by atomic mass is 32.2. The number of hydrogen-bond donors (Lipinski definition) is 0. The number of rotatable bonds is 8. The lowest BCUT2D eigenvalue weighted by Crippen LogP contribution is -2.19. The molecule has 3 rings (SSSR count). The molecule has 28 heavy (non-hydrogen) atoms. The van der Waals surface area contributed by atoms with E-state index in [4.69, 9.17) is 13.9 Å². The van der Waals surface area contributed by atoms with Crippen LogP contribution >= 0.6 is 11.8 Å². The molecular formula is C19H17F3N2O3S. The fourth-order valence-electron chi connectivity index (χ4n) is 2.17. The molecule has 0 saturated carbocycles. The van der Waals surface area contributed by atoms with Crippen molar-refractivity contribution < 1.29 is 27.1 Å². The van der Waals surface area contributed by atoms with E-state index in [1.165, 1.54) is 17.8 Å². The van der Waals surface area contributed by atoms with Crippen LogP contribution < -0.4 is 9.47 Å². The van der Waals surface area contributed by atoms with Gasteiger partial charge in [-0.15, -0.1) is 10.2 Å². The van der Waals surface area contributed by atoms with Crippen LogP contribution in [0.15, 0.2) is 58.2 Å². The Labute approximate surface area is 163 Å². The molecule has 1 heterocycles. The zero-order valence-electron chi connectivity index (χ0n) is 14.9. The molecule has 0 bridgehead atoms. The van der Waals surface area contributed by atoms with Gasteiger partial charge in [-0.25, -0.2) is 0 Å². The summed E-state index contributed by atoms with van der Waals surface area (Å²) < 4.78 is 52.5. The van der Waals surface area contributed by atoms with E-state index in [-0.39, 0.29) is 12.4 Å². The molecule has 0 atom stereocenters. The molecule has 0 N–H and O–H groups in total. The van der Waals surface area contributed by atoms with Crippen LogP contribution in [0.2, 0.25) is 0 Å². The van der Waals surface area contributed by atoms with Gasteiger partial charge in [-0.1, -0.05) is 41.6 Å². The molecule has 0 saturated heterocycles. The van der Waals surface area contributed by atoms with Crippen molar-refractivity contribution in [2.45, 2.75) is 30.7 Å². The van der Waals surface area contributed by atoms with Gasteiger partial charge < -0.3 is 13.9 Å². The van der Waals surface area contributed by atoms with E-state index in [0.717, 1.165) is 11.1 Å². The maximum atomic E-state index is 12.2. The largest absolute Gasteiger partial charge is 0.484 e. The Hall–Kier alpha value is -2.68. The number of ether oxygens (including phenoxy) is 2. The van der Waals surface area contributed by atoms with Crippen LogP contribution in [0, 0.1) is 6.92 Å². The zero-order chi connectivity index (χ0) is 20.0. The van der Waals surface area contributed by atoms with Gasteiger partial charge in [0.25, 0.3) is 11.1 Å². The molecule has 9 heteroatoms. The Bertz CT molecular complexity index is 898. The SMILES string of the molecule is Cc1ccc(OCc2nnc(SCc3cccc(OCC(F)(F)F)c3)o2)cc1. The van der Waals surface area contributed by atoms with Gasteiger partial charge >= 0.3 is 6.18 Å². The lowest BCUT2D eigenvalue weighted by atomic mass is 10.2. The summed E-state index contributed by atoms with van der Waals surface area (Å²) >= 11 is 1.28. The quantitative estimate of drug-likeness (QED) is 0.477. The number of aryl methyl sites for hydroxylation is 1. The van der Waals surface area contributed by atoms with Crippen LogP contribution in [0.3, 0.4) is 0 Å². The monoisotopic (exact) mass is 410 g/mol. The molecule has 0 spiro atoms. The molecule has 2 aromatic carbocycles. The van der Waals surface area contributed by atoms with Gasteiger partial charge in [0.2, 0.25) is 0 Å². The Morgan fingerprint density at radius 2 is 1.79 bits per heavy atom. The molecule has 0 unspecified atom stereocenters. The third-order valence-corrected chi connectivity index (χ3v) is 4.38. The molecule has 0 radical (unpaired) electrons. The number of halogens is 3. The minimum atomic E-state index is -4.37. The number of aromatic nitrogens is 2. The van der Waals surface area contributed by atoms with Crippen molar-refractivity contribution in [3.63, 3.8) is 0 Å². The van der Waals surface area contributed by atoms with E-state index >= 15 is 0 Å². The molecule has 0 aliphatic carbocycles. The predicted molar refractivity (Wildman–Crippen MR) is 97.4 cm³/mol. The van der Waals surface area contributed by atoms with Crippen molar-refractivity contribution in [1.29, 1.82) is 0 Å². The van der Waals surface area contributed by atoms with Gasteiger partial charge in [-0.05, 0) is 36.8 Å². The first kappa shape index (κ1) is 20.1. The van der Waals surface area contributed by atoms with Crippen LogP contribution in [0.5, 0.6) is 11.5 Å². The molecule has 1 aromatic heterocycles. The topological polar surface area (TPSA) is 57.4 Å². The summed E-state index contributed by atoms with van der Waals surface area (Å²) in [7, 11) is 0. The van der Waals surface area contributed by atoms with E-state index in [9.17, 15) is 13.2 Å². The average molecular weight is 410 g/mol. The lowest BCUT2D eigenvalue weighted by molar-refractivity contribution is -0.153. The maximum Gasteiger partial charge on any atom is 0.422 e. The maximum absolute atomic E-state index is 12.2. The summed E-state index contributed by atoms with van der Waals surface area (Å²) in [4.78, 5) is 0. The smallest absolute Gasteiger partial charge is 0.422 e. The number of alkyl halides is 3. The molecular weight excluding hydrogens is 393 g/mol. The normalized spacial score (nSPS) is 11.4. The highest BCUT2D eigenvalue weighted by Gasteiger charge is 2.28. The number of nitrogens with zero attached hydrogens (tertiary/aromatic N) is 2. The van der Waals surface area contributed by atoms with Crippen LogP contribution in [0.4, 0.5) is 13.2 Å². The third kappa shape index (κ3) is 6.49. The fourth-order valence-corrected chi connectivity index (χ4v) is 2.89. The van der Waals surface area contributed by atoms with Crippen molar-refractivity contribution in [3.05, 3.63) is 65.5 Å². The minimum Gasteiger partial charge on any atom is -0.484 e. The van der Waals surface area contributed by atoms with E-state index in [0.29, 0.717) is 22.6 Å². The highest BCUT2D eigenvalue weighted by Crippen LogP contribution is 2.25. The molecule has 5 nitrogen and oxygen atoms in total. The Kier molecular flexibility index (Phi) is 6.45. The van der Waals surface area contributed by atoms with E-state index in [1.807, 2.05) is 31.2 Å². The lowest BCUT2D eigenvalue weighted by Gasteiger charge is -2.09. The van der Waals surface area contributed by atoms with Gasteiger partial charge in [0.1, 0.15) is 11.5 Å². The molecule has 0 amide bonds. The molecule has 148 valence electrons. The number of thioether (sulfide) groups is 1. The number of benzene rings is 2. The Balaban J connectivity index is 1.49. The second-order valence-corrected chi connectivity index (χ2v) is 6.83. The Morgan fingerprint density at radius 1 is 1.00 bits per heavy atom. The molecule has 0 aliphatic rings. The third-order valence-electron chi connectivity index (χ3n) is 3.49. The first-order chi connectivity index (χ1) is 13.4. The average Bonchev–Trinajstić information content (AvgIpc) is 3.12. The molecule has 0 aliphatic heterocycles. The van der Waals surface area contributed by atoms with E-state index < -0.39 is 12.8 Å². The first-order valence-corrected chi connectivity index (χ1v) is 9.29. The standard InChI is InChI=1S/C19H17F3N2O3S/c1-13-5-7-15(8-6-13)25-10-17-23-24-18(27-17)28-11-14-3-2-4-16(9-14)26-12-19(20,21)22/h2-9H,10-12H2,1H3. The van der Waals surface area contributed by atoms with Crippen molar-refractivity contribution in [1.82, 2.24) is 10.2 Å². The summed E-state index contributed by atoms with van der Waals surface area (Å²) in [6.07, 6.45) is -4.37.